The van der Waals surface area contributed by atoms with Crippen molar-refractivity contribution in [1.82, 2.24) is 14.7 Å². The minimum atomic E-state index is -0.431. The van der Waals surface area contributed by atoms with Gasteiger partial charge in [0.2, 0.25) is 5.91 Å². The van der Waals surface area contributed by atoms with Crippen LogP contribution in [-0.2, 0) is 16.6 Å². The molecule has 40 heavy (non-hydrogen) atoms. The molecule has 2 aromatic carbocycles. The molecule has 3 heterocycles. The summed E-state index contributed by atoms with van der Waals surface area (Å²) in [5.74, 6) is 0.877. The predicted octanol–water partition coefficient (Wildman–Crippen LogP) is 5.55. The molecule has 0 aromatic heterocycles. The van der Waals surface area contributed by atoms with E-state index in [-0.39, 0.29) is 23.3 Å². The van der Waals surface area contributed by atoms with Crippen LogP contribution in [0.1, 0.15) is 56.1 Å². The van der Waals surface area contributed by atoms with E-state index >= 15 is 0 Å². The quantitative estimate of drug-likeness (QED) is 0.395. The lowest BCUT2D eigenvalue weighted by molar-refractivity contribution is -0.129. The fraction of sp³-hybridized carbons (Fsp3) is 0.594. The Morgan fingerprint density at radius 1 is 1.00 bits per heavy atom. The Labute approximate surface area is 243 Å². The fourth-order valence-corrected chi connectivity index (χ4v) is 7.19. The molecular weight excluding hydrogens is 529 g/mol. The molecule has 2 aromatic rings. The maximum Gasteiger partial charge on any atom is 0.227 e. The number of carbonyl (C=O) groups excluding carboxylic acids is 1. The summed E-state index contributed by atoms with van der Waals surface area (Å²) in [5, 5.41) is 0.298. The van der Waals surface area contributed by atoms with Gasteiger partial charge in [-0.1, -0.05) is 30.2 Å². The van der Waals surface area contributed by atoms with E-state index in [1.165, 1.54) is 51.3 Å². The number of hydrogen-bond acceptors (Lipinski definition) is 5. The molecule has 8 heteroatoms. The lowest BCUT2D eigenvalue weighted by Crippen LogP contribution is -2.47. The van der Waals surface area contributed by atoms with Crippen LogP contribution in [-0.4, -0.2) is 86.7 Å². The molecule has 218 valence electrons. The van der Waals surface area contributed by atoms with Crippen molar-refractivity contribution < 1.29 is 18.7 Å². The van der Waals surface area contributed by atoms with Gasteiger partial charge in [0.1, 0.15) is 5.82 Å². The van der Waals surface area contributed by atoms with Crippen molar-refractivity contribution >= 4 is 17.5 Å². The Bertz CT molecular complexity index is 1150. The monoisotopic (exact) mass is 571 g/mol. The van der Waals surface area contributed by atoms with Crippen LogP contribution in [0.15, 0.2) is 36.4 Å². The van der Waals surface area contributed by atoms with E-state index in [0.29, 0.717) is 29.6 Å². The zero-order valence-electron chi connectivity index (χ0n) is 24.0. The molecule has 1 amide bonds. The van der Waals surface area contributed by atoms with Crippen molar-refractivity contribution in [2.75, 3.05) is 60.0 Å². The van der Waals surface area contributed by atoms with Crippen LogP contribution in [0.5, 0.6) is 11.5 Å². The van der Waals surface area contributed by atoms with Gasteiger partial charge in [-0.3, -0.25) is 4.79 Å². The number of ether oxygens (including phenoxy) is 2. The zero-order chi connectivity index (χ0) is 28.1. The zero-order valence-corrected chi connectivity index (χ0v) is 24.7. The van der Waals surface area contributed by atoms with E-state index in [1.54, 1.807) is 26.4 Å². The maximum absolute atomic E-state index is 14.5. The van der Waals surface area contributed by atoms with Gasteiger partial charge in [-0.05, 0) is 101 Å². The highest BCUT2D eigenvalue weighted by Crippen LogP contribution is 2.42. The smallest absolute Gasteiger partial charge is 0.227 e. The summed E-state index contributed by atoms with van der Waals surface area (Å²) in [6.07, 6.45) is 8.29. The number of likely N-dealkylation sites (tertiary alicyclic amines) is 3. The Morgan fingerprint density at radius 2 is 1.75 bits per heavy atom. The second-order valence-corrected chi connectivity index (χ2v) is 12.1. The number of amides is 1. The molecule has 0 bridgehead atoms. The second kappa shape index (κ2) is 13.1. The van der Waals surface area contributed by atoms with E-state index in [0.717, 1.165) is 44.1 Å². The standard InChI is InChI=1S/C32H43ClFN3O3/c1-39-29-10-9-24(21-30(29)40-2)32(13-19-35-17-11-25(12-18-35)36-15-4-3-5-16-36)14-20-37(23-32)31(38)22-26-27(33)7-6-8-28(26)34/h6-10,21,25H,3-5,11-20,22-23H2,1-2H3/t32-/m1/s1. The van der Waals surface area contributed by atoms with Gasteiger partial charge >= 0.3 is 0 Å². The summed E-state index contributed by atoms with van der Waals surface area (Å²) in [7, 11) is 3.30. The summed E-state index contributed by atoms with van der Waals surface area (Å²) in [5.41, 5.74) is 1.22. The molecule has 3 fully saturated rings. The molecule has 3 aliphatic heterocycles. The maximum atomic E-state index is 14.5. The first kappa shape index (κ1) is 29.2. The summed E-state index contributed by atoms with van der Waals surface area (Å²) in [4.78, 5) is 20.6. The molecule has 0 radical (unpaired) electrons. The molecule has 0 aliphatic carbocycles. The summed E-state index contributed by atoms with van der Waals surface area (Å²) < 4.78 is 25.6. The Morgan fingerprint density at radius 3 is 2.45 bits per heavy atom. The first-order valence-corrected chi connectivity index (χ1v) is 15.2. The average Bonchev–Trinajstić information content (AvgIpc) is 3.44. The van der Waals surface area contributed by atoms with Gasteiger partial charge in [-0.2, -0.15) is 0 Å². The van der Waals surface area contributed by atoms with Crippen LogP contribution < -0.4 is 9.47 Å². The van der Waals surface area contributed by atoms with Crippen LogP contribution in [0.25, 0.3) is 0 Å². The topological polar surface area (TPSA) is 45.2 Å². The molecule has 1 atom stereocenters. The van der Waals surface area contributed by atoms with Gasteiger partial charge in [0.05, 0.1) is 20.6 Å². The lowest BCUT2D eigenvalue weighted by atomic mass is 9.76. The van der Waals surface area contributed by atoms with Crippen LogP contribution in [0.3, 0.4) is 0 Å². The van der Waals surface area contributed by atoms with Crippen molar-refractivity contribution in [2.45, 2.75) is 62.8 Å². The van der Waals surface area contributed by atoms with Gasteiger partial charge in [0.25, 0.3) is 0 Å². The van der Waals surface area contributed by atoms with E-state index in [2.05, 4.69) is 21.9 Å². The number of hydrogen-bond donors (Lipinski definition) is 0. The fourth-order valence-electron chi connectivity index (χ4n) is 6.96. The molecular formula is C32H43ClFN3O3. The van der Waals surface area contributed by atoms with Crippen LogP contribution in [0.4, 0.5) is 4.39 Å². The molecule has 5 rings (SSSR count). The lowest BCUT2D eigenvalue weighted by Gasteiger charge is -2.41. The second-order valence-electron chi connectivity index (χ2n) is 11.7. The van der Waals surface area contributed by atoms with E-state index in [9.17, 15) is 9.18 Å². The molecule has 0 N–H and O–H groups in total. The minimum Gasteiger partial charge on any atom is -0.493 e. The average molecular weight is 572 g/mol. The van der Waals surface area contributed by atoms with Crippen LogP contribution in [0.2, 0.25) is 5.02 Å². The van der Waals surface area contributed by atoms with Crippen molar-refractivity contribution in [3.63, 3.8) is 0 Å². The number of halogens is 2. The van der Waals surface area contributed by atoms with E-state index < -0.39 is 5.82 Å². The van der Waals surface area contributed by atoms with Crippen LogP contribution in [0, 0.1) is 5.82 Å². The molecule has 3 saturated heterocycles. The van der Waals surface area contributed by atoms with Gasteiger partial charge in [-0.25, -0.2) is 4.39 Å². The number of benzene rings is 2. The highest BCUT2D eigenvalue weighted by molar-refractivity contribution is 6.31. The van der Waals surface area contributed by atoms with Crippen molar-refractivity contribution in [2.24, 2.45) is 0 Å². The highest BCUT2D eigenvalue weighted by Gasteiger charge is 2.42. The molecule has 0 saturated carbocycles. The number of rotatable bonds is 9. The van der Waals surface area contributed by atoms with Gasteiger partial charge < -0.3 is 24.2 Å². The molecule has 0 unspecified atom stereocenters. The third-order valence-electron chi connectivity index (χ3n) is 9.46. The normalized spacial score (nSPS) is 22.9. The largest absolute Gasteiger partial charge is 0.493 e. The Hall–Kier alpha value is -2.35. The van der Waals surface area contributed by atoms with Gasteiger partial charge in [0.15, 0.2) is 11.5 Å². The third-order valence-corrected chi connectivity index (χ3v) is 9.82. The molecule has 0 spiro atoms. The first-order chi connectivity index (χ1) is 19.4. The van der Waals surface area contributed by atoms with Crippen molar-refractivity contribution in [3.8, 4) is 11.5 Å². The number of piperidine rings is 2. The molecule has 3 aliphatic rings. The third kappa shape index (κ3) is 6.42. The SMILES string of the molecule is COc1ccc([C@]2(CCN3CCC(N4CCCCC4)CC3)CCN(C(=O)Cc3c(F)cccc3Cl)C2)cc1OC. The minimum absolute atomic E-state index is 0.0302. The number of carbonyl (C=O) groups is 1. The van der Waals surface area contributed by atoms with Crippen molar-refractivity contribution in [3.05, 3.63) is 58.4 Å². The van der Waals surface area contributed by atoms with E-state index in [1.807, 2.05) is 11.0 Å². The van der Waals surface area contributed by atoms with E-state index in [4.69, 9.17) is 21.1 Å². The number of nitrogens with zero attached hydrogens (tertiary/aromatic N) is 3. The molecule has 6 nitrogen and oxygen atoms in total. The Kier molecular flexibility index (Phi) is 9.54. The van der Waals surface area contributed by atoms with Crippen LogP contribution >= 0.6 is 11.6 Å². The number of methoxy groups -OCH3 is 2. The van der Waals surface area contributed by atoms with Gasteiger partial charge in [0, 0.05) is 35.1 Å². The Balaban J connectivity index is 1.29. The van der Waals surface area contributed by atoms with Gasteiger partial charge in [-0.15, -0.1) is 0 Å². The summed E-state index contributed by atoms with van der Waals surface area (Å²) >= 11 is 6.24. The summed E-state index contributed by atoms with van der Waals surface area (Å²) in [6.45, 7) is 6.98. The predicted molar refractivity (Wildman–Crippen MR) is 157 cm³/mol. The highest BCUT2D eigenvalue weighted by atomic mass is 35.5. The van der Waals surface area contributed by atoms with Crippen molar-refractivity contribution in [1.29, 1.82) is 0 Å². The summed E-state index contributed by atoms with van der Waals surface area (Å²) in [6, 6.07) is 11.4. The first-order valence-electron chi connectivity index (χ1n) is 14.8.